The number of hydrogen-bond acceptors (Lipinski definition) is 5. The van der Waals surface area contributed by atoms with E-state index in [0.717, 1.165) is 19.3 Å². The van der Waals surface area contributed by atoms with Gasteiger partial charge in [0, 0.05) is 24.1 Å². The second kappa shape index (κ2) is 5.56. The Kier molecular flexibility index (Phi) is 4.30. The highest BCUT2D eigenvalue weighted by molar-refractivity contribution is 8.00. The van der Waals surface area contributed by atoms with Crippen molar-refractivity contribution < 1.29 is 14.3 Å². The van der Waals surface area contributed by atoms with Gasteiger partial charge < -0.3 is 20.5 Å². The first-order valence-electron chi connectivity index (χ1n) is 6.00. The Hall–Kier alpha value is -0.300. The van der Waals surface area contributed by atoms with E-state index < -0.39 is 5.79 Å². The third-order valence-electron chi connectivity index (χ3n) is 3.42. The SMILES string of the molecule is CNC1CCC2(CC1SCC(N)=O)OCCO2. The lowest BCUT2D eigenvalue weighted by Crippen LogP contribution is -2.49. The molecule has 1 heterocycles. The molecule has 2 fully saturated rings. The van der Waals surface area contributed by atoms with Crippen LogP contribution in [0.15, 0.2) is 0 Å². The molecule has 1 amide bonds. The molecular weight excluding hydrogens is 240 g/mol. The minimum Gasteiger partial charge on any atom is -0.369 e. The van der Waals surface area contributed by atoms with Gasteiger partial charge >= 0.3 is 0 Å². The third-order valence-corrected chi connectivity index (χ3v) is 4.80. The second-order valence-electron chi connectivity index (χ2n) is 4.56. The highest BCUT2D eigenvalue weighted by Crippen LogP contribution is 2.40. The zero-order valence-corrected chi connectivity index (χ0v) is 10.9. The normalized spacial score (nSPS) is 31.8. The maximum Gasteiger partial charge on any atom is 0.227 e. The van der Waals surface area contributed by atoms with Crippen LogP contribution < -0.4 is 11.1 Å². The van der Waals surface area contributed by atoms with E-state index in [0.29, 0.717) is 30.3 Å². The van der Waals surface area contributed by atoms with Crippen LogP contribution in [-0.4, -0.2) is 49.0 Å². The monoisotopic (exact) mass is 260 g/mol. The number of thioether (sulfide) groups is 1. The fraction of sp³-hybridized carbons (Fsp3) is 0.909. The summed E-state index contributed by atoms with van der Waals surface area (Å²) >= 11 is 1.60. The van der Waals surface area contributed by atoms with E-state index in [1.54, 1.807) is 11.8 Å². The first kappa shape index (κ1) is 13.1. The zero-order valence-electron chi connectivity index (χ0n) is 10.1. The Morgan fingerprint density at radius 2 is 2.24 bits per heavy atom. The maximum absolute atomic E-state index is 10.9. The summed E-state index contributed by atoms with van der Waals surface area (Å²) in [5.74, 6) is -0.306. The molecule has 0 aromatic rings. The van der Waals surface area contributed by atoms with E-state index in [-0.39, 0.29) is 5.91 Å². The number of nitrogens with one attached hydrogen (secondary N) is 1. The maximum atomic E-state index is 10.9. The fourth-order valence-electron chi connectivity index (χ4n) is 2.57. The average Bonchev–Trinajstić information content (AvgIpc) is 2.75. The summed E-state index contributed by atoms with van der Waals surface area (Å²) in [6, 6.07) is 0.401. The minimum atomic E-state index is -0.400. The molecule has 3 N–H and O–H groups in total. The third kappa shape index (κ3) is 3.13. The number of amides is 1. The van der Waals surface area contributed by atoms with Crippen molar-refractivity contribution in [2.75, 3.05) is 26.0 Å². The van der Waals surface area contributed by atoms with Crippen LogP contribution in [0.4, 0.5) is 0 Å². The second-order valence-corrected chi connectivity index (χ2v) is 5.79. The van der Waals surface area contributed by atoms with Crippen molar-refractivity contribution in [1.82, 2.24) is 5.32 Å². The molecule has 1 aliphatic carbocycles. The molecule has 2 unspecified atom stereocenters. The summed E-state index contributed by atoms with van der Waals surface area (Å²) in [6.45, 7) is 1.36. The van der Waals surface area contributed by atoms with Crippen molar-refractivity contribution in [1.29, 1.82) is 0 Å². The number of carbonyl (C=O) groups is 1. The molecule has 1 aliphatic heterocycles. The summed E-state index contributed by atoms with van der Waals surface area (Å²) in [5, 5.41) is 3.62. The van der Waals surface area contributed by atoms with E-state index in [1.807, 2.05) is 7.05 Å². The van der Waals surface area contributed by atoms with Crippen LogP contribution in [0.5, 0.6) is 0 Å². The van der Waals surface area contributed by atoms with Crippen LogP contribution in [0, 0.1) is 0 Å². The lowest BCUT2D eigenvalue weighted by atomic mass is 9.89. The van der Waals surface area contributed by atoms with Crippen molar-refractivity contribution in [3.8, 4) is 0 Å². The van der Waals surface area contributed by atoms with E-state index >= 15 is 0 Å². The molecular formula is C11H20N2O3S. The standard InChI is InChI=1S/C11H20N2O3S/c1-13-8-2-3-11(15-4-5-16-11)6-9(8)17-7-10(12)14/h8-9,13H,2-7H2,1H3,(H2,12,14). The van der Waals surface area contributed by atoms with Crippen molar-refractivity contribution in [2.45, 2.75) is 36.3 Å². The molecule has 5 nitrogen and oxygen atoms in total. The largest absolute Gasteiger partial charge is 0.369 e. The summed E-state index contributed by atoms with van der Waals surface area (Å²) in [7, 11) is 1.96. The van der Waals surface area contributed by atoms with Gasteiger partial charge in [0.1, 0.15) is 0 Å². The predicted molar refractivity (Wildman–Crippen MR) is 66.8 cm³/mol. The highest BCUT2D eigenvalue weighted by Gasteiger charge is 2.44. The number of primary amides is 1. The van der Waals surface area contributed by atoms with Crippen LogP contribution in [0.2, 0.25) is 0 Å². The van der Waals surface area contributed by atoms with Crippen molar-refractivity contribution >= 4 is 17.7 Å². The van der Waals surface area contributed by atoms with Crippen LogP contribution in [-0.2, 0) is 14.3 Å². The van der Waals surface area contributed by atoms with Crippen LogP contribution in [0.25, 0.3) is 0 Å². The molecule has 2 atom stereocenters. The minimum absolute atomic E-state index is 0.266. The van der Waals surface area contributed by atoms with Gasteiger partial charge in [0.15, 0.2) is 5.79 Å². The molecule has 0 bridgehead atoms. The van der Waals surface area contributed by atoms with Crippen molar-refractivity contribution in [2.24, 2.45) is 5.73 Å². The summed E-state index contributed by atoms with van der Waals surface area (Å²) in [5.41, 5.74) is 5.20. The molecule has 0 radical (unpaired) electrons. The molecule has 0 aromatic heterocycles. The molecule has 1 saturated heterocycles. The number of hydrogen-bond donors (Lipinski definition) is 2. The molecule has 1 saturated carbocycles. The van der Waals surface area contributed by atoms with Crippen LogP contribution in [0.1, 0.15) is 19.3 Å². The zero-order chi connectivity index (χ0) is 12.3. The van der Waals surface area contributed by atoms with Crippen molar-refractivity contribution in [3.05, 3.63) is 0 Å². The number of carbonyl (C=O) groups excluding carboxylic acids is 1. The molecule has 98 valence electrons. The van der Waals surface area contributed by atoms with Crippen LogP contribution in [0.3, 0.4) is 0 Å². The Morgan fingerprint density at radius 1 is 1.53 bits per heavy atom. The first-order chi connectivity index (χ1) is 8.15. The topological polar surface area (TPSA) is 73.6 Å². The highest BCUT2D eigenvalue weighted by atomic mass is 32.2. The molecule has 17 heavy (non-hydrogen) atoms. The fourth-order valence-corrected chi connectivity index (χ4v) is 3.82. The predicted octanol–water partition coefficient (Wildman–Crippen LogP) is 0.0885. The van der Waals surface area contributed by atoms with E-state index in [9.17, 15) is 4.79 Å². The van der Waals surface area contributed by atoms with Gasteiger partial charge in [0.2, 0.25) is 5.91 Å². The van der Waals surface area contributed by atoms with Gasteiger partial charge in [-0.3, -0.25) is 4.79 Å². The first-order valence-corrected chi connectivity index (χ1v) is 7.05. The summed E-state index contributed by atoms with van der Waals surface area (Å²) in [4.78, 5) is 10.9. The van der Waals surface area contributed by atoms with Gasteiger partial charge in [0.25, 0.3) is 0 Å². The Labute approximate surface area is 106 Å². The molecule has 1 spiro atoms. The smallest absolute Gasteiger partial charge is 0.227 e. The van der Waals surface area contributed by atoms with Crippen LogP contribution >= 0.6 is 11.8 Å². The molecule has 6 heteroatoms. The Balaban J connectivity index is 1.95. The van der Waals surface area contributed by atoms with E-state index in [1.165, 1.54) is 0 Å². The Bertz CT molecular complexity index is 282. The van der Waals surface area contributed by atoms with Gasteiger partial charge in [-0.05, 0) is 13.5 Å². The van der Waals surface area contributed by atoms with Crippen molar-refractivity contribution in [3.63, 3.8) is 0 Å². The molecule has 2 rings (SSSR count). The average molecular weight is 260 g/mol. The molecule has 2 aliphatic rings. The summed E-state index contributed by atoms with van der Waals surface area (Å²) < 4.78 is 11.5. The van der Waals surface area contributed by atoms with Gasteiger partial charge in [-0.15, -0.1) is 11.8 Å². The number of nitrogens with two attached hydrogens (primary N) is 1. The lowest BCUT2D eigenvalue weighted by Gasteiger charge is -2.40. The van der Waals surface area contributed by atoms with E-state index in [2.05, 4.69) is 5.32 Å². The van der Waals surface area contributed by atoms with Gasteiger partial charge in [-0.2, -0.15) is 0 Å². The van der Waals surface area contributed by atoms with Gasteiger partial charge in [0.05, 0.1) is 19.0 Å². The van der Waals surface area contributed by atoms with E-state index in [4.69, 9.17) is 15.2 Å². The summed E-state index contributed by atoms with van der Waals surface area (Å²) in [6.07, 6.45) is 2.76. The quantitative estimate of drug-likeness (QED) is 0.749. The Morgan fingerprint density at radius 3 is 2.82 bits per heavy atom. The lowest BCUT2D eigenvalue weighted by molar-refractivity contribution is -0.177. The van der Waals surface area contributed by atoms with Gasteiger partial charge in [-0.25, -0.2) is 0 Å². The molecule has 0 aromatic carbocycles. The number of ether oxygens (including phenoxy) is 2. The van der Waals surface area contributed by atoms with Gasteiger partial charge in [-0.1, -0.05) is 0 Å². The number of rotatable bonds is 4.